The van der Waals surface area contributed by atoms with Gasteiger partial charge in [0.05, 0.1) is 7.11 Å². The Kier molecular flexibility index (Phi) is 4.69. The van der Waals surface area contributed by atoms with Gasteiger partial charge in [0, 0.05) is 18.7 Å². The van der Waals surface area contributed by atoms with Crippen LogP contribution in [0.5, 0.6) is 5.75 Å². The maximum atomic E-state index is 13.8. The maximum absolute atomic E-state index is 13.8. The number of carboxylic acid groups (broad SMARTS) is 1. The predicted molar refractivity (Wildman–Crippen MR) is 86.3 cm³/mol. The fourth-order valence-electron chi connectivity index (χ4n) is 3.20. The number of aromatic amines is 1. The Morgan fingerprint density at radius 1 is 1.48 bits per heavy atom. The van der Waals surface area contributed by atoms with Gasteiger partial charge in [0.25, 0.3) is 5.91 Å². The van der Waals surface area contributed by atoms with E-state index in [0.29, 0.717) is 18.5 Å². The van der Waals surface area contributed by atoms with Crippen LogP contribution in [0.15, 0.2) is 24.3 Å². The third-order valence-corrected chi connectivity index (χ3v) is 4.37. The highest BCUT2D eigenvalue weighted by Crippen LogP contribution is 2.28. The molecule has 1 aliphatic heterocycles. The molecule has 25 heavy (non-hydrogen) atoms. The number of benzene rings is 1. The first kappa shape index (κ1) is 16.9. The summed E-state index contributed by atoms with van der Waals surface area (Å²) in [6.45, 7) is 0.552. The summed E-state index contributed by atoms with van der Waals surface area (Å²) >= 11 is 0. The molecule has 0 aliphatic carbocycles. The number of hydrogen-bond acceptors (Lipinski definition) is 4. The smallest absolute Gasteiger partial charge is 0.353 e. The van der Waals surface area contributed by atoms with Crippen molar-refractivity contribution in [3.05, 3.63) is 47.0 Å². The van der Waals surface area contributed by atoms with Crippen LogP contribution in [0.2, 0.25) is 0 Å². The van der Waals surface area contributed by atoms with Gasteiger partial charge in [0.1, 0.15) is 5.69 Å². The number of nitrogens with zero attached hydrogens (tertiary/aromatic N) is 2. The lowest BCUT2D eigenvalue weighted by Crippen LogP contribution is -2.37. The van der Waals surface area contributed by atoms with Gasteiger partial charge in [-0.25, -0.2) is 9.18 Å². The van der Waals surface area contributed by atoms with Crippen molar-refractivity contribution in [1.82, 2.24) is 15.1 Å². The van der Waals surface area contributed by atoms with Crippen molar-refractivity contribution in [1.29, 1.82) is 0 Å². The molecule has 8 heteroatoms. The number of ether oxygens (including phenoxy) is 1. The van der Waals surface area contributed by atoms with Crippen LogP contribution in [-0.4, -0.2) is 51.8 Å². The average Bonchev–Trinajstić information content (AvgIpc) is 3.24. The largest absolute Gasteiger partial charge is 0.493 e. The molecule has 0 spiro atoms. The van der Waals surface area contributed by atoms with Crippen molar-refractivity contribution in [2.24, 2.45) is 0 Å². The highest BCUT2D eigenvalue weighted by Gasteiger charge is 2.32. The second-order valence-corrected chi connectivity index (χ2v) is 5.90. The molecule has 3 rings (SSSR count). The summed E-state index contributed by atoms with van der Waals surface area (Å²) < 4.78 is 19.0. The van der Waals surface area contributed by atoms with Gasteiger partial charge in [0.15, 0.2) is 17.3 Å². The number of carboxylic acids is 1. The minimum absolute atomic E-state index is 0.0653. The number of methoxy groups -OCH3 is 1. The quantitative estimate of drug-likeness (QED) is 0.864. The van der Waals surface area contributed by atoms with Crippen molar-refractivity contribution >= 4 is 11.9 Å². The van der Waals surface area contributed by atoms with E-state index in [4.69, 9.17) is 9.84 Å². The molecule has 1 fully saturated rings. The van der Waals surface area contributed by atoms with E-state index in [1.54, 1.807) is 17.0 Å². The number of aromatic nitrogens is 2. The third kappa shape index (κ3) is 3.33. The molecule has 0 saturated carbocycles. The summed E-state index contributed by atoms with van der Waals surface area (Å²) in [5.41, 5.74) is 0.627. The molecule has 2 heterocycles. The Bertz CT molecular complexity index is 805. The van der Waals surface area contributed by atoms with Crippen molar-refractivity contribution in [2.45, 2.75) is 25.3 Å². The predicted octanol–water partition coefficient (Wildman–Crippen LogP) is 2.10. The molecule has 1 amide bonds. The molecule has 1 aromatic heterocycles. The Balaban J connectivity index is 1.79. The maximum Gasteiger partial charge on any atom is 0.353 e. The first-order valence-electron chi connectivity index (χ1n) is 7.92. The fourth-order valence-corrected chi connectivity index (χ4v) is 3.20. The summed E-state index contributed by atoms with van der Waals surface area (Å²) in [5, 5.41) is 15.1. The summed E-state index contributed by atoms with van der Waals surface area (Å²) in [4.78, 5) is 25.2. The minimum atomic E-state index is -1.17. The van der Waals surface area contributed by atoms with Crippen LogP contribution in [0.3, 0.4) is 0 Å². The zero-order chi connectivity index (χ0) is 18.0. The lowest BCUT2D eigenvalue weighted by Gasteiger charge is -2.24. The van der Waals surface area contributed by atoms with Gasteiger partial charge in [-0.15, -0.1) is 0 Å². The Labute approximate surface area is 143 Å². The molecule has 0 bridgehead atoms. The minimum Gasteiger partial charge on any atom is -0.493 e. The number of rotatable bonds is 5. The number of hydrogen-bond donors (Lipinski definition) is 2. The van der Waals surface area contributed by atoms with Crippen molar-refractivity contribution in [2.75, 3.05) is 13.7 Å². The van der Waals surface area contributed by atoms with Crippen LogP contribution in [0.4, 0.5) is 4.39 Å². The zero-order valence-corrected chi connectivity index (χ0v) is 13.7. The van der Waals surface area contributed by atoms with E-state index in [2.05, 4.69) is 10.2 Å². The Morgan fingerprint density at radius 2 is 2.28 bits per heavy atom. The van der Waals surface area contributed by atoms with Gasteiger partial charge >= 0.3 is 5.97 Å². The molecular formula is C17H18FN3O4. The molecule has 7 nitrogen and oxygen atoms in total. The highest BCUT2D eigenvalue weighted by atomic mass is 19.1. The average molecular weight is 347 g/mol. The van der Waals surface area contributed by atoms with E-state index < -0.39 is 11.8 Å². The van der Waals surface area contributed by atoms with Gasteiger partial charge in [-0.3, -0.25) is 9.89 Å². The molecule has 2 aromatic rings. The van der Waals surface area contributed by atoms with Crippen LogP contribution in [0, 0.1) is 5.82 Å². The van der Waals surface area contributed by atoms with Gasteiger partial charge in [-0.2, -0.15) is 5.10 Å². The van der Waals surface area contributed by atoms with Crippen molar-refractivity contribution < 1.29 is 23.8 Å². The molecule has 2 N–H and O–H groups in total. The number of aromatic carboxylic acids is 1. The Morgan fingerprint density at radius 3 is 2.96 bits per heavy atom. The SMILES string of the molecule is COc1c(F)cccc1CC1CCCN1C(=O)c1cc(C(=O)O)[nH]n1. The normalized spacial score (nSPS) is 16.9. The fraction of sp³-hybridized carbons (Fsp3) is 0.353. The second-order valence-electron chi connectivity index (χ2n) is 5.90. The van der Waals surface area contributed by atoms with E-state index in [-0.39, 0.29) is 29.1 Å². The topological polar surface area (TPSA) is 95.5 Å². The number of halogens is 1. The van der Waals surface area contributed by atoms with Crippen molar-refractivity contribution in [3.63, 3.8) is 0 Å². The molecule has 1 aromatic carbocycles. The van der Waals surface area contributed by atoms with E-state index in [9.17, 15) is 14.0 Å². The van der Waals surface area contributed by atoms with Gasteiger partial charge < -0.3 is 14.7 Å². The number of likely N-dealkylation sites (tertiary alicyclic amines) is 1. The standard InChI is InChI=1S/C17H18FN3O4/c1-25-15-10(4-2-6-12(15)18)8-11-5-3-7-21(11)16(22)13-9-14(17(23)24)20-19-13/h2,4,6,9,11H,3,5,7-8H2,1H3,(H,19,20)(H,23,24). The first-order chi connectivity index (χ1) is 12.0. The molecule has 0 radical (unpaired) electrons. The van der Waals surface area contributed by atoms with Gasteiger partial charge in [-0.05, 0) is 30.9 Å². The number of para-hydroxylation sites is 1. The van der Waals surface area contributed by atoms with E-state index in [1.165, 1.54) is 19.2 Å². The Hall–Kier alpha value is -2.90. The summed E-state index contributed by atoms with van der Waals surface area (Å²) in [6.07, 6.45) is 2.06. The van der Waals surface area contributed by atoms with E-state index in [1.807, 2.05) is 0 Å². The molecule has 1 saturated heterocycles. The summed E-state index contributed by atoms with van der Waals surface area (Å²) in [5.74, 6) is -1.75. The van der Waals surface area contributed by atoms with Crippen LogP contribution in [0.25, 0.3) is 0 Å². The van der Waals surface area contributed by atoms with E-state index in [0.717, 1.165) is 12.8 Å². The van der Waals surface area contributed by atoms with Gasteiger partial charge in [0.2, 0.25) is 0 Å². The molecular weight excluding hydrogens is 329 g/mol. The molecule has 1 atom stereocenters. The zero-order valence-electron chi connectivity index (χ0n) is 13.7. The highest BCUT2D eigenvalue weighted by molar-refractivity contribution is 5.95. The van der Waals surface area contributed by atoms with Crippen LogP contribution in [0.1, 0.15) is 39.4 Å². The van der Waals surface area contributed by atoms with E-state index >= 15 is 0 Å². The number of H-pyrrole nitrogens is 1. The summed E-state index contributed by atoms with van der Waals surface area (Å²) in [7, 11) is 1.41. The molecule has 1 aliphatic rings. The monoisotopic (exact) mass is 347 g/mol. The molecule has 1 unspecified atom stereocenters. The molecule has 132 valence electrons. The van der Waals surface area contributed by atoms with Crippen LogP contribution < -0.4 is 4.74 Å². The number of carbonyl (C=O) groups is 2. The number of carbonyl (C=O) groups excluding carboxylic acids is 1. The van der Waals surface area contributed by atoms with Gasteiger partial charge in [-0.1, -0.05) is 12.1 Å². The van der Waals surface area contributed by atoms with Crippen LogP contribution in [-0.2, 0) is 6.42 Å². The van der Waals surface area contributed by atoms with Crippen molar-refractivity contribution in [3.8, 4) is 5.75 Å². The first-order valence-corrected chi connectivity index (χ1v) is 7.92. The second kappa shape index (κ2) is 6.92. The van der Waals surface area contributed by atoms with Crippen LogP contribution >= 0.6 is 0 Å². The summed E-state index contributed by atoms with van der Waals surface area (Å²) in [6, 6.07) is 5.83. The number of nitrogens with one attached hydrogen (secondary N) is 1. The lowest BCUT2D eigenvalue weighted by molar-refractivity contribution is 0.0689. The third-order valence-electron chi connectivity index (χ3n) is 4.37. The lowest BCUT2D eigenvalue weighted by atomic mass is 10.0. The number of amides is 1.